The van der Waals surface area contributed by atoms with Gasteiger partial charge < -0.3 is 65.8 Å². The summed E-state index contributed by atoms with van der Waals surface area (Å²) in [4.78, 5) is 94.5. The molecule has 1 radical (unpaired) electrons. The van der Waals surface area contributed by atoms with Crippen molar-refractivity contribution in [2.75, 3.05) is 58.9 Å². The van der Waals surface area contributed by atoms with Crippen molar-refractivity contribution in [2.45, 2.75) is 19.3 Å². The lowest BCUT2D eigenvalue weighted by molar-refractivity contribution is -0.136. The molecule has 0 heterocycles. The smallest absolute Gasteiger partial charge is 0.450 e. The van der Waals surface area contributed by atoms with Crippen molar-refractivity contribution in [1.29, 1.82) is 0 Å². The topological polar surface area (TPSA) is 319 Å². The Labute approximate surface area is 446 Å². The van der Waals surface area contributed by atoms with Crippen molar-refractivity contribution in [3.8, 4) is 0 Å². The zero-order valence-corrected chi connectivity index (χ0v) is 41.8. The van der Waals surface area contributed by atoms with Gasteiger partial charge in [-0.15, -0.1) is 0 Å². The highest BCUT2D eigenvalue weighted by molar-refractivity contribution is 14.1. The number of carbonyl (C=O) groups is 7. The zero-order valence-electron chi connectivity index (χ0n) is 39.6. The molecule has 4 aromatic rings. The molecule has 0 aliphatic rings. The van der Waals surface area contributed by atoms with Gasteiger partial charge in [-0.1, -0.05) is 24.3 Å². The van der Waals surface area contributed by atoms with Gasteiger partial charge in [0, 0.05) is 55.7 Å². The minimum atomic E-state index is -2.50. The van der Waals surface area contributed by atoms with Crippen LogP contribution in [0.25, 0.3) is 0 Å². The average molecular weight is 1200 g/mol. The Morgan fingerprint density at radius 1 is 0.455 bits per heavy atom. The quantitative estimate of drug-likeness (QED) is 0.00943. The Hall–Kier alpha value is -6.68. The van der Waals surface area contributed by atoms with Crippen molar-refractivity contribution in [2.24, 2.45) is 0 Å². The maximum atomic E-state index is 15.2. The van der Waals surface area contributed by atoms with Crippen LogP contribution in [0.4, 0.5) is 35.1 Å². The fraction of sp³-hybridized carbons (Fsp3) is 0.279. The van der Waals surface area contributed by atoms with E-state index in [-0.39, 0.29) is 33.3 Å². The normalized spacial score (nSPS) is 10.8. The molecule has 4 aromatic carbocycles. The monoisotopic (exact) mass is 1200 g/mol. The van der Waals surface area contributed by atoms with E-state index >= 15 is 8.78 Å². The van der Waals surface area contributed by atoms with E-state index in [2.05, 4.69) is 19.5 Å². The second kappa shape index (κ2) is 29.2. The van der Waals surface area contributed by atoms with E-state index in [1.807, 2.05) is 0 Å². The zero-order chi connectivity index (χ0) is 57.4. The highest BCUT2D eigenvalue weighted by Crippen LogP contribution is 2.17. The number of benzene rings is 4. The van der Waals surface area contributed by atoms with Gasteiger partial charge in [-0.25, -0.2) is 35.1 Å². The number of amides is 7. The fourth-order valence-electron chi connectivity index (χ4n) is 7.10. The Bertz CT molecular complexity index is 2870. The number of nitrogens with one attached hydrogen (secondary N) is 4. The third-order valence-corrected chi connectivity index (χ3v) is 11.7. The van der Waals surface area contributed by atoms with Crippen molar-refractivity contribution >= 4 is 115 Å². The van der Waals surface area contributed by atoms with Crippen LogP contribution in [0.2, 0.25) is 0 Å². The van der Waals surface area contributed by atoms with E-state index in [9.17, 15) is 90.0 Å². The lowest BCUT2D eigenvalue weighted by atomic mass is 9.79. The van der Waals surface area contributed by atoms with Gasteiger partial charge in [-0.2, -0.15) is 0 Å². The number of rotatable bonds is 26. The lowest BCUT2D eigenvalue weighted by Crippen LogP contribution is -2.47. The molecular formula is C43H43B4F8IN7O14. The standard InChI is InChI=1S/C43H43B4F8IN7O14/c48-32-21(4-8-25(44-71)36(32)52)40(67)58-14-3-17-63(43(70)24-7-11-28(47(76)77)39(55)35(24)51)20-31(66)61(19-30(65)60-56)15-1-12-57-29(64)18-62(42(69)23-6-10-27(46(74)75)38(54)34(23)50)16-2-13-59-41(68)22-5-9-26(45(72)73)37(53)33(22)49/h4-11,71-77H,1-3,12-20H2,(H,57,64)(H,58,67)(H,59,68)(H,60,65). The minimum Gasteiger partial charge on any atom is -0.450 e. The summed E-state index contributed by atoms with van der Waals surface area (Å²) in [6.45, 7) is -5.28. The Morgan fingerprint density at radius 3 is 1.22 bits per heavy atom. The van der Waals surface area contributed by atoms with Crippen LogP contribution in [-0.2, 0) is 14.4 Å². The van der Waals surface area contributed by atoms with Crippen LogP contribution in [0.15, 0.2) is 48.5 Å². The first-order valence-corrected chi connectivity index (χ1v) is 23.5. The first-order valence-electron chi connectivity index (χ1n) is 22.4. The molecule has 0 saturated heterocycles. The third-order valence-electron chi connectivity index (χ3n) is 11.1. The van der Waals surface area contributed by atoms with E-state index in [1.165, 1.54) is 22.9 Å². The van der Waals surface area contributed by atoms with Crippen LogP contribution >= 0.6 is 22.9 Å². The number of hydrogen-bond donors (Lipinski definition) is 11. The van der Waals surface area contributed by atoms with Crippen LogP contribution in [-0.4, -0.2) is 179 Å². The highest BCUT2D eigenvalue weighted by atomic mass is 127. The second-order valence-corrected chi connectivity index (χ2v) is 16.8. The third kappa shape index (κ3) is 16.4. The minimum absolute atomic E-state index is 0.203. The molecule has 409 valence electrons. The summed E-state index contributed by atoms with van der Waals surface area (Å²) in [5, 5.41) is 71.9. The molecule has 0 aromatic heterocycles. The van der Waals surface area contributed by atoms with E-state index in [0.717, 1.165) is 29.2 Å². The molecule has 0 aliphatic carbocycles. The van der Waals surface area contributed by atoms with Gasteiger partial charge >= 0.3 is 28.8 Å². The summed E-state index contributed by atoms with van der Waals surface area (Å²) in [6, 6.07) is 5.97. The van der Waals surface area contributed by atoms with Crippen molar-refractivity contribution in [1.82, 2.24) is 34.2 Å². The van der Waals surface area contributed by atoms with E-state index in [1.54, 1.807) is 0 Å². The highest BCUT2D eigenvalue weighted by Gasteiger charge is 2.31. The van der Waals surface area contributed by atoms with Crippen molar-refractivity contribution in [3.63, 3.8) is 0 Å². The first kappa shape index (κ1) is 62.9. The van der Waals surface area contributed by atoms with Gasteiger partial charge in [0.15, 0.2) is 46.5 Å². The molecule has 21 nitrogen and oxygen atoms in total. The molecule has 0 spiro atoms. The van der Waals surface area contributed by atoms with Gasteiger partial charge in [0.05, 0.1) is 51.7 Å². The Kier molecular flexibility index (Phi) is 23.8. The number of carbonyl (C=O) groups excluding carboxylic acids is 7. The van der Waals surface area contributed by atoms with Crippen molar-refractivity contribution < 1.29 is 104 Å². The molecule has 77 heavy (non-hydrogen) atoms. The van der Waals surface area contributed by atoms with Crippen LogP contribution < -0.4 is 41.3 Å². The number of nitrogens with zero attached hydrogens (tertiary/aromatic N) is 3. The van der Waals surface area contributed by atoms with Gasteiger partial charge in [-0.3, -0.25) is 37.1 Å². The molecule has 0 bridgehead atoms. The second-order valence-electron chi connectivity index (χ2n) is 16.3. The summed E-state index contributed by atoms with van der Waals surface area (Å²) in [5.74, 6) is -21.8. The first-order chi connectivity index (χ1) is 36.4. The van der Waals surface area contributed by atoms with Crippen LogP contribution in [0.1, 0.15) is 60.7 Å². The maximum absolute atomic E-state index is 15.2. The lowest BCUT2D eigenvalue weighted by Gasteiger charge is -2.28. The van der Waals surface area contributed by atoms with Crippen LogP contribution in [0.5, 0.6) is 0 Å². The molecule has 0 unspecified atom stereocenters. The molecule has 0 aliphatic heterocycles. The molecule has 0 saturated carbocycles. The summed E-state index contributed by atoms with van der Waals surface area (Å²) < 4.78 is 120. The Balaban J connectivity index is 1.48. The van der Waals surface area contributed by atoms with Gasteiger partial charge in [0.2, 0.25) is 17.7 Å². The Morgan fingerprint density at radius 2 is 0.805 bits per heavy atom. The number of hydrogen-bond acceptors (Lipinski definition) is 14. The molecule has 11 N–H and O–H groups in total. The summed E-state index contributed by atoms with van der Waals surface area (Å²) in [7, 11) is -7.14. The summed E-state index contributed by atoms with van der Waals surface area (Å²) in [5.41, 5.74) is -6.97. The largest absolute Gasteiger partial charge is 0.491 e. The summed E-state index contributed by atoms with van der Waals surface area (Å²) >= 11 is 1.45. The molecule has 4 rings (SSSR count). The molecular weight excluding hydrogens is 1160 g/mol. The summed E-state index contributed by atoms with van der Waals surface area (Å²) in [6.07, 6.45) is -0.787. The molecule has 7 amide bonds. The molecule has 0 atom stereocenters. The van der Waals surface area contributed by atoms with Crippen LogP contribution in [0.3, 0.4) is 0 Å². The van der Waals surface area contributed by atoms with Gasteiger partial charge in [0.25, 0.3) is 23.6 Å². The van der Waals surface area contributed by atoms with E-state index < -0.39 is 206 Å². The van der Waals surface area contributed by atoms with E-state index in [0.29, 0.717) is 34.1 Å². The van der Waals surface area contributed by atoms with E-state index in [4.69, 9.17) is 5.02 Å². The number of halogens is 9. The molecule has 34 heteroatoms. The van der Waals surface area contributed by atoms with Gasteiger partial charge in [0.1, 0.15) is 13.1 Å². The predicted molar refractivity (Wildman–Crippen MR) is 265 cm³/mol. The van der Waals surface area contributed by atoms with Gasteiger partial charge in [-0.05, 0) is 49.0 Å². The predicted octanol–water partition coefficient (Wildman–Crippen LogP) is -3.90. The SMILES string of the molecule is O=C(CN(CCCNC(=O)CN(CCCNC(=O)c1ccc(B(O)O)c(F)c1F)C(=O)c1ccc(B(O)O)c(F)c1F)C(=O)CN(CCCNC(=O)c1ccc([B]O)c(F)c1F)C(=O)c1ccc(B(O)O)c(F)c1F)NI. The molecule has 0 fully saturated rings. The fourth-order valence-corrected chi connectivity index (χ4v) is 7.27. The van der Waals surface area contributed by atoms with Crippen LogP contribution in [0, 0.1) is 46.5 Å². The van der Waals surface area contributed by atoms with Crippen molar-refractivity contribution in [3.05, 3.63) is 117 Å². The maximum Gasteiger partial charge on any atom is 0.491 e. The average Bonchev–Trinajstić information content (AvgIpc) is 3.38.